The molecule has 27 heavy (non-hydrogen) atoms. The maximum atomic E-state index is 13.7. The number of ketones is 1. The lowest BCUT2D eigenvalue weighted by atomic mass is 9.82. The van der Waals surface area contributed by atoms with E-state index in [1.165, 1.54) is 0 Å². The number of carbonyl (C=O) groups is 1. The number of benzene rings is 3. The third kappa shape index (κ3) is 2.61. The molecule has 3 aromatic rings. The van der Waals surface area contributed by atoms with Crippen LogP contribution in [0.25, 0.3) is 21.5 Å². The van der Waals surface area contributed by atoms with Crippen LogP contribution in [0.15, 0.2) is 54.6 Å². The van der Waals surface area contributed by atoms with Gasteiger partial charge in [-0.2, -0.15) is 0 Å². The molecule has 0 radical (unpaired) electrons. The molecule has 2 fully saturated rings. The van der Waals surface area contributed by atoms with Crippen LogP contribution in [0.1, 0.15) is 42.5 Å². The van der Waals surface area contributed by atoms with E-state index in [0.717, 1.165) is 33.5 Å². The van der Waals surface area contributed by atoms with Gasteiger partial charge in [-0.15, -0.1) is 0 Å². The smallest absolute Gasteiger partial charge is 0.167 e. The van der Waals surface area contributed by atoms with E-state index >= 15 is 0 Å². The van der Waals surface area contributed by atoms with Crippen molar-refractivity contribution in [1.82, 2.24) is 0 Å². The lowest BCUT2D eigenvalue weighted by Crippen LogP contribution is -2.45. The molecule has 2 aliphatic heterocycles. The van der Waals surface area contributed by atoms with Gasteiger partial charge in [-0.1, -0.05) is 55.0 Å². The van der Waals surface area contributed by atoms with Gasteiger partial charge in [-0.05, 0) is 53.3 Å². The summed E-state index contributed by atoms with van der Waals surface area (Å²) < 4.78 is 25.2. The van der Waals surface area contributed by atoms with Crippen molar-refractivity contribution in [3.8, 4) is 0 Å². The number of carbonyl (C=O) groups excluding carboxylic acids is 1. The van der Waals surface area contributed by atoms with Crippen LogP contribution in [0, 0.1) is 5.92 Å². The minimum absolute atomic E-state index is 0.120. The Morgan fingerprint density at radius 2 is 1.33 bits per heavy atom. The van der Waals surface area contributed by atoms with E-state index in [0.29, 0.717) is 25.7 Å². The zero-order chi connectivity index (χ0) is 18.6. The normalized spacial score (nSPS) is 26.9. The minimum atomic E-state index is -3.05. The molecule has 0 saturated carbocycles. The molecule has 0 aliphatic carbocycles. The summed E-state index contributed by atoms with van der Waals surface area (Å²) in [4.78, 5) is 13.7. The van der Waals surface area contributed by atoms with Gasteiger partial charge in [0.05, 0.1) is 10.5 Å². The van der Waals surface area contributed by atoms with E-state index in [9.17, 15) is 13.2 Å². The van der Waals surface area contributed by atoms with Gasteiger partial charge in [0, 0.05) is 11.5 Å². The van der Waals surface area contributed by atoms with Crippen LogP contribution in [0.4, 0.5) is 0 Å². The summed E-state index contributed by atoms with van der Waals surface area (Å²) in [5.74, 6) is -0.0761. The Morgan fingerprint density at radius 1 is 0.815 bits per heavy atom. The number of hydrogen-bond acceptors (Lipinski definition) is 3. The van der Waals surface area contributed by atoms with E-state index in [4.69, 9.17) is 0 Å². The fourth-order valence-corrected chi connectivity index (χ4v) is 7.64. The highest BCUT2D eigenvalue weighted by Gasteiger charge is 2.46. The van der Waals surface area contributed by atoms with Gasteiger partial charge in [-0.3, -0.25) is 4.79 Å². The zero-order valence-corrected chi connectivity index (χ0v) is 15.9. The Bertz CT molecular complexity index is 1090. The Morgan fingerprint density at radius 3 is 1.89 bits per heavy atom. The highest BCUT2D eigenvalue weighted by molar-refractivity contribution is 7.92. The van der Waals surface area contributed by atoms with Crippen molar-refractivity contribution in [2.75, 3.05) is 0 Å². The zero-order valence-electron chi connectivity index (χ0n) is 15.1. The summed E-state index contributed by atoms with van der Waals surface area (Å²) in [5.41, 5.74) is 0.770. The molecule has 2 atom stereocenters. The molecule has 2 aliphatic rings. The first kappa shape index (κ1) is 16.9. The van der Waals surface area contributed by atoms with Crippen LogP contribution in [0.3, 0.4) is 0 Å². The second-order valence-corrected chi connectivity index (χ2v) is 10.5. The molecule has 2 unspecified atom stereocenters. The van der Waals surface area contributed by atoms with Crippen LogP contribution in [0.5, 0.6) is 0 Å². The second kappa shape index (κ2) is 6.16. The molecular formula is C23H22O3S. The summed E-state index contributed by atoms with van der Waals surface area (Å²) in [7, 11) is -3.05. The van der Waals surface area contributed by atoms with E-state index in [1.807, 2.05) is 48.5 Å². The van der Waals surface area contributed by atoms with Crippen molar-refractivity contribution < 1.29 is 13.2 Å². The van der Waals surface area contributed by atoms with Crippen LogP contribution in [-0.2, 0) is 9.84 Å². The SMILES string of the molecule is O=C(c1c2ccccc2cc2ccccc12)C1CC2CCCC(C1)S2(=O)=O. The van der Waals surface area contributed by atoms with E-state index in [2.05, 4.69) is 6.07 Å². The predicted octanol–water partition coefficient (Wildman–Crippen LogP) is 4.92. The first-order chi connectivity index (χ1) is 13.1. The summed E-state index contributed by atoms with van der Waals surface area (Å²) in [6.07, 6.45) is 3.34. The lowest BCUT2D eigenvalue weighted by Gasteiger charge is -2.38. The fraction of sp³-hybridized carbons (Fsp3) is 0.348. The first-order valence-electron chi connectivity index (χ1n) is 9.73. The highest BCUT2D eigenvalue weighted by Crippen LogP contribution is 2.42. The van der Waals surface area contributed by atoms with Gasteiger partial charge < -0.3 is 0 Å². The molecule has 0 amide bonds. The molecule has 0 aromatic heterocycles. The Hall–Kier alpha value is -2.20. The van der Waals surface area contributed by atoms with Gasteiger partial charge in [0.15, 0.2) is 15.6 Å². The van der Waals surface area contributed by atoms with Crippen molar-refractivity contribution in [1.29, 1.82) is 0 Å². The summed E-state index contributed by atoms with van der Waals surface area (Å²) in [6, 6.07) is 18.1. The Labute approximate surface area is 159 Å². The van der Waals surface area contributed by atoms with Crippen LogP contribution in [0.2, 0.25) is 0 Å². The molecule has 138 valence electrons. The second-order valence-electron chi connectivity index (χ2n) is 7.99. The van der Waals surface area contributed by atoms with E-state index in [-0.39, 0.29) is 22.2 Å². The molecule has 3 nitrogen and oxygen atoms in total. The molecule has 4 heteroatoms. The summed E-state index contributed by atoms with van der Waals surface area (Å²) >= 11 is 0. The van der Waals surface area contributed by atoms with Crippen molar-refractivity contribution >= 4 is 37.2 Å². The van der Waals surface area contributed by atoms with Crippen LogP contribution in [-0.4, -0.2) is 24.7 Å². The minimum Gasteiger partial charge on any atom is -0.294 e. The third-order valence-electron chi connectivity index (χ3n) is 6.46. The van der Waals surface area contributed by atoms with Gasteiger partial charge >= 0.3 is 0 Å². The van der Waals surface area contributed by atoms with Gasteiger partial charge in [0.2, 0.25) is 0 Å². The van der Waals surface area contributed by atoms with Crippen LogP contribution >= 0.6 is 0 Å². The first-order valence-corrected chi connectivity index (χ1v) is 11.3. The Kier molecular flexibility index (Phi) is 3.87. The van der Waals surface area contributed by atoms with Crippen LogP contribution < -0.4 is 0 Å². The standard InChI is InChI=1S/C23H22O3S/c24-23(17-13-18-8-5-9-19(14-17)27(18,25)26)22-20-10-3-1-6-15(20)12-16-7-2-4-11-21(16)22/h1-4,6-7,10-12,17-19H,5,8-9,13-14H2. The Balaban J connectivity index is 1.66. The van der Waals surface area contributed by atoms with Crippen molar-refractivity contribution in [3.63, 3.8) is 0 Å². The molecule has 0 spiro atoms. The van der Waals surface area contributed by atoms with Crippen molar-refractivity contribution in [2.45, 2.75) is 42.6 Å². The molecule has 5 rings (SSSR count). The molecule has 2 bridgehead atoms. The molecule has 2 heterocycles. The quantitative estimate of drug-likeness (QED) is 0.470. The highest BCUT2D eigenvalue weighted by atomic mass is 32.2. The predicted molar refractivity (Wildman–Crippen MR) is 109 cm³/mol. The van der Waals surface area contributed by atoms with E-state index in [1.54, 1.807) is 0 Å². The number of Topliss-reactive ketones (excluding diaryl/α,β-unsaturated/α-hetero) is 1. The van der Waals surface area contributed by atoms with Gasteiger partial charge in [-0.25, -0.2) is 8.42 Å². The van der Waals surface area contributed by atoms with Crippen molar-refractivity contribution in [3.05, 3.63) is 60.2 Å². The fourth-order valence-electron chi connectivity index (χ4n) is 5.11. The lowest BCUT2D eigenvalue weighted by molar-refractivity contribution is 0.0897. The van der Waals surface area contributed by atoms with Gasteiger partial charge in [0.1, 0.15) is 0 Å². The maximum absolute atomic E-state index is 13.7. The molecular weight excluding hydrogens is 356 g/mol. The molecule has 3 aromatic carbocycles. The average Bonchev–Trinajstić information content (AvgIpc) is 2.64. The molecule has 0 N–H and O–H groups in total. The van der Waals surface area contributed by atoms with Gasteiger partial charge in [0.25, 0.3) is 0 Å². The number of rotatable bonds is 2. The van der Waals surface area contributed by atoms with Crippen molar-refractivity contribution in [2.24, 2.45) is 5.92 Å². The number of hydrogen-bond donors (Lipinski definition) is 0. The number of sulfone groups is 1. The monoisotopic (exact) mass is 378 g/mol. The molecule has 2 saturated heterocycles. The average molecular weight is 378 g/mol. The topological polar surface area (TPSA) is 51.2 Å². The third-order valence-corrected chi connectivity index (χ3v) is 9.18. The number of fused-ring (bicyclic) bond motifs is 4. The maximum Gasteiger partial charge on any atom is 0.167 e. The van der Waals surface area contributed by atoms with E-state index < -0.39 is 9.84 Å². The summed E-state index contributed by atoms with van der Waals surface area (Å²) in [5, 5.41) is 3.39. The summed E-state index contributed by atoms with van der Waals surface area (Å²) in [6.45, 7) is 0. The largest absolute Gasteiger partial charge is 0.294 e.